The Labute approximate surface area is 136 Å². The molecule has 3 aliphatic rings. The molecule has 78 valence electrons. The number of allylic oxidation sites excluding steroid dienone is 2. The predicted molar refractivity (Wildman–Crippen MR) is 57.9 cm³/mol. The summed E-state index contributed by atoms with van der Waals surface area (Å²) in [5.74, 6) is 0.943. The zero-order valence-electron chi connectivity index (χ0n) is 10.3. The van der Waals surface area contributed by atoms with Crippen molar-refractivity contribution in [2.75, 3.05) is 13.6 Å². The van der Waals surface area contributed by atoms with E-state index in [1.165, 1.54) is 44.2 Å². The predicted octanol–water partition coefficient (Wildman–Crippen LogP) is -0.366. The first-order valence-corrected chi connectivity index (χ1v) is 6.02. The summed E-state index contributed by atoms with van der Waals surface area (Å²) in [5.41, 5.74) is 2.04. The van der Waals surface area contributed by atoms with Crippen LogP contribution >= 0.6 is 0 Å². The Balaban J connectivity index is 0.000000853. The second-order valence-corrected chi connectivity index (χ2v) is 5.54. The van der Waals surface area contributed by atoms with Crippen LogP contribution < -0.4 is 51.4 Å². The Morgan fingerprint density at radius 1 is 1.33 bits per heavy atom. The van der Waals surface area contributed by atoms with Crippen LogP contribution in [-0.4, -0.2) is 24.5 Å². The van der Waals surface area contributed by atoms with E-state index in [0.29, 0.717) is 5.41 Å². The Kier molecular flexibility index (Phi) is 3.87. The molecule has 1 saturated heterocycles. The van der Waals surface area contributed by atoms with Crippen LogP contribution in [0.1, 0.15) is 39.0 Å². The maximum atomic E-state index is 3.81. The van der Waals surface area contributed by atoms with Gasteiger partial charge >= 0.3 is 51.4 Å². The molecule has 1 saturated carbocycles. The zero-order valence-corrected chi connectivity index (χ0v) is 13.5. The second kappa shape index (κ2) is 4.54. The first kappa shape index (κ1) is 12.8. The third-order valence-corrected chi connectivity index (χ3v) is 4.83. The van der Waals surface area contributed by atoms with Crippen LogP contribution in [0.5, 0.6) is 0 Å². The maximum absolute atomic E-state index is 3.81. The van der Waals surface area contributed by atoms with Crippen molar-refractivity contribution in [2.24, 2.45) is 11.3 Å². The summed E-state index contributed by atoms with van der Waals surface area (Å²) in [6.07, 6.45) is 10.8. The normalized spacial score (nSPS) is 44.3. The minimum absolute atomic E-state index is 0. The van der Waals surface area contributed by atoms with Crippen LogP contribution in [0.4, 0.5) is 0 Å². The topological polar surface area (TPSA) is 3.24 Å². The van der Waals surface area contributed by atoms with Crippen LogP contribution in [0.2, 0.25) is 0 Å². The van der Waals surface area contributed by atoms with Gasteiger partial charge < -0.3 is 11.0 Å². The molecule has 3 rings (SSSR count). The summed E-state index contributed by atoms with van der Waals surface area (Å²) in [7, 11) is 2.30. The smallest absolute Gasteiger partial charge is 0.491 e. The molecule has 2 heteroatoms. The van der Waals surface area contributed by atoms with Gasteiger partial charge in [-0.25, -0.2) is 0 Å². The first-order chi connectivity index (χ1) is 6.71. The van der Waals surface area contributed by atoms with Gasteiger partial charge in [0.05, 0.1) is 0 Å². The molecule has 15 heavy (non-hydrogen) atoms. The van der Waals surface area contributed by atoms with Gasteiger partial charge in [0.1, 0.15) is 0 Å². The Morgan fingerprint density at radius 2 is 2.13 bits per heavy atom. The largest absolute Gasteiger partial charge is 1.00 e. The summed E-state index contributed by atoms with van der Waals surface area (Å²) in [4.78, 5) is 2.58. The van der Waals surface area contributed by atoms with Gasteiger partial charge in [-0.1, -0.05) is 26.2 Å². The van der Waals surface area contributed by atoms with E-state index in [-0.39, 0.29) is 51.4 Å². The molecular weight excluding hydrogens is 209 g/mol. The number of rotatable bonds is 0. The number of fused-ring (bicyclic) bond motifs is 2. The van der Waals surface area contributed by atoms with Crippen LogP contribution in [0.25, 0.3) is 0 Å². The van der Waals surface area contributed by atoms with E-state index in [0.717, 1.165) is 12.0 Å². The van der Waals surface area contributed by atoms with Crippen molar-refractivity contribution in [1.82, 2.24) is 4.90 Å². The Bertz CT molecular complexity index is 286. The number of hydrogen-bond acceptors (Lipinski definition) is 1. The number of piperidine rings is 1. The van der Waals surface area contributed by atoms with Gasteiger partial charge in [-0.15, -0.1) is 0 Å². The summed E-state index contributed by atoms with van der Waals surface area (Å²) in [6.45, 7) is 3.56. The van der Waals surface area contributed by atoms with Gasteiger partial charge in [0.2, 0.25) is 0 Å². The van der Waals surface area contributed by atoms with Gasteiger partial charge in [-0.3, -0.25) is 5.57 Å². The van der Waals surface area contributed by atoms with E-state index in [1.807, 2.05) is 0 Å². The third-order valence-electron chi connectivity index (χ3n) is 4.83. The number of hydrogen-bond donors (Lipinski definition) is 0. The van der Waals surface area contributed by atoms with Crippen LogP contribution in [-0.2, 0) is 0 Å². The van der Waals surface area contributed by atoms with Crippen LogP contribution in [0.15, 0.2) is 5.57 Å². The van der Waals surface area contributed by atoms with Gasteiger partial charge in [-0.05, 0) is 32.4 Å². The molecule has 3 unspecified atom stereocenters. The van der Waals surface area contributed by atoms with Crippen molar-refractivity contribution in [3.05, 3.63) is 11.6 Å². The van der Waals surface area contributed by atoms with Crippen molar-refractivity contribution in [3.63, 3.8) is 0 Å². The molecule has 2 fully saturated rings. The molecule has 0 aromatic carbocycles. The summed E-state index contributed by atoms with van der Waals surface area (Å²) >= 11 is 0. The van der Waals surface area contributed by atoms with E-state index in [4.69, 9.17) is 0 Å². The van der Waals surface area contributed by atoms with Crippen molar-refractivity contribution >= 4 is 0 Å². The fraction of sp³-hybridized carbons (Fsp3) is 0.846. The van der Waals surface area contributed by atoms with Crippen LogP contribution in [0, 0.1) is 17.4 Å². The molecule has 0 amide bonds. The molecule has 1 aliphatic heterocycles. The molecule has 0 aromatic rings. The van der Waals surface area contributed by atoms with E-state index >= 15 is 0 Å². The summed E-state index contributed by atoms with van der Waals surface area (Å²) in [6, 6.07) is 0.891. The average molecular weight is 229 g/mol. The van der Waals surface area contributed by atoms with E-state index in [1.54, 1.807) is 0 Å². The van der Waals surface area contributed by atoms with Gasteiger partial charge in [0.15, 0.2) is 0 Å². The summed E-state index contributed by atoms with van der Waals surface area (Å²) < 4.78 is 0. The quantitative estimate of drug-likeness (QED) is 0.405. The fourth-order valence-corrected chi connectivity index (χ4v) is 3.81. The SMILES string of the molecule is CC1=[C-]C2(CC1)CCN(C)C1CCC12.[K+]. The van der Waals surface area contributed by atoms with E-state index < -0.39 is 0 Å². The zero-order chi connectivity index (χ0) is 9.76. The molecule has 0 bridgehead atoms. The standard InChI is InChI=1S/C13H20N.K/c1-10-5-6-13(9-10)7-8-14(2)12-4-3-11(12)13;/h11-12H,3-8H2,1-2H3;/q-1;+1. The molecule has 0 N–H and O–H groups in total. The van der Waals surface area contributed by atoms with Crippen molar-refractivity contribution < 1.29 is 51.4 Å². The minimum Gasteiger partial charge on any atom is -0.491 e. The molecular formula is C13H20KN. The van der Waals surface area contributed by atoms with Crippen molar-refractivity contribution in [3.8, 4) is 0 Å². The van der Waals surface area contributed by atoms with Gasteiger partial charge in [0.25, 0.3) is 0 Å². The Morgan fingerprint density at radius 3 is 2.67 bits per heavy atom. The fourth-order valence-electron chi connectivity index (χ4n) is 3.81. The minimum atomic E-state index is 0. The third kappa shape index (κ3) is 1.96. The molecule has 2 aliphatic carbocycles. The summed E-state index contributed by atoms with van der Waals surface area (Å²) in [5, 5.41) is 0. The first-order valence-electron chi connectivity index (χ1n) is 6.02. The van der Waals surface area contributed by atoms with Crippen molar-refractivity contribution in [2.45, 2.75) is 45.1 Å². The second-order valence-electron chi connectivity index (χ2n) is 5.54. The van der Waals surface area contributed by atoms with Gasteiger partial charge in [-0.2, -0.15) is 5.41 Å². The number of nitrogens with zero attached hydrogens (tertiary/aromatic N) is 1. The number of likely N-dealkylation sites (tertiary alicyclic amines) is 1. The molecule has 0 aromatic heterocycles. The van der Waals surface area contributed by atoms with Crippen molar-refractivity contribution in [1.29, 1.82) is 0 Å². The molecule has 1 spiro atoms. The Hall–Kier alpha value is 1.34. The molecule has 1 heterocycles. The molecule has 0 radical (unpaired) electrons. The average Bonchev–Trinajstić information content (AvgIpc) is 2.41. The molecule has 3 atom stereocenters. The van der Waals surface area contributed by atoms with E-state index in [2.05, 4.69) is 24.9 Å². The molecule has 1 nitrogen and oxygen atoms in total. The van der Waals surface area contributed by atoms with E-state index in [9.17, 15) is 0 Å². The maximum Gasteiger partial charge on any atom is 1.00 e. The van der Waals surface area contributed by atoms with Gasteiger partial charge in [0, 0.05) is 6.04 Å². The van der Waals surface area contributed by atoms with Crippen LogP contribution in [0.3, 0.4) is 0 Å². The monoisotopic (exact) mass is 229 g/mol.